The maximum atomic E-state index is 12.9. The number of rotatable bonds is 9. The number of methoxy groups -OCH3 is 1. The van der Waals surface area contributed by atoms with Crippen LogP contribution >= 0.6 is 0 Å². The highest BCUT2D eigenvalue weighted by molar-refractivity contribution is 7.89. The van der Waals surface area contributed by atoms with Gasteiger partial charge in [-0.15, -0.1) is 0 Å². The number of nitrogens with zero attached hydrogens (tertiary/aromatic N) is 1. The van der Waals surface area contributed by atoms with E-state index in [2.05, 4.69) is 15.2 Å². The molecule has 0 aliphatic heterocycles. The fraction of sp³-hybridized carbons (Fsp3) is 0.167. The van der Waals surface area contributed by atoms with E-state index in [0.717, 1.165) is 5.56 Å². The van der Waals surface area contributed by atoms with E-state index in [1.807, 2.05) is 25.1 Å². The minimum Gasteiger partial charge on any atom is -0.496 e. The van der Waals surface area contributed by atoms with Gasteiger partial charge in [0.25, 0.3) is 0 Å². The van der Waals surface area contributed by atoms with Gasteiger partial charge in [-0.05, 0) is 36.8 Å². The first-order chi connectivity index (χ1) is 15.4. The van der Waals surface area contributed by atoms with Crippen LogP contribution in [0.15, 0.2) is 88.9 Å². The van der Waals surface area contributed by atoms with E-state index < -0.39 is 22.0 Å². The molecule has 1 atom stereocenters. The highest BCUT2D eigenvalue weighted by Gasteiger charge is 2.23. The lowest BCUT2D eigenvalue weighted by Crippen LogP contribution is -2.32. The number of carbonyl (C=O) groups is 1. The van der Waals surface area contributed by atoms with E-state index in [1.165, 1.54) is 18.3 Å². The summed E-state index contributed by atoms with van der Waals surface area (Å²) in [6, 6.07) is 22.0. The van der Waals surface area contributed by atoms with Crippen molar-refractivity contribution in [3.8, 4) is 5.75 Å². The van der Waals surface area contributed by atoms with Crippen molar-refractivity contribution in [3.05, 3.63) is 95.6 Å². The molecule has 0 radical (unpaired) electrons. The van der Waals surface area contributed by atoms with E-state index in [1.54, 1.807) is 55.6 Å². The summed E-state index contributed by atoms with van der Waals surface area (Å²) < 4.78 is 33.7. The first-order valence-corrected chi connectivity index (χ1v) is 11.5. The number of ether oxygens (including phenoxy) is 1. The molecule has 0 fully saturated rings. The Balaban J connectivity index is 1.74. The number of hydrogen-bond donors (Lipinski definition) is 2. The molecule has 3 aromatic rings. The molecule has 0 spiro atoms. The number of carbonyl (C=O) groups excluding carboxylic acids is 1. The van der Waals surface area contributed by atoms with Crippen LogP contribution < -0.4 is 14.9 Å². The lowest BCUT2D eigenvalue weighted by Gasteiger charge is -2.18. The Bertz CT molecular complexity index is 1180. The molecule has 0 saturated heterocycles. The topological polar surface area (TPSA) is 96.9 Å². The van der Waals surface area contributed by atoms with Gasteiger partial charge in [0.05, 0.1) is 24.3 Å². The second kappa shape index (κ2) is 10.7. The number of benzene rings is 3. The van der Waals surface area contributed by atoms with Crippen molar-refractivity contribution in [3.63, 3.8) is 0 Å². The van der Waals surface area contributed by atoms with Crippen LogP contribution in [0.25, 0.3) is 0 Å². The summed E-state index contributed by atoms with van der Waals surface area (Å²) in [5.41, 5.74) is 4.79. The van der Waals surface area contributed by atoms with Crippen molar-refractivity contribution in [2.45, 2.75) is 24.3 Å². The molecule has 0 heterocycles. The van der Waals surface area contributed by atoms with Gasteiger partial charge >= 0.3 is 0 Å². The Morgan fingerprint density at radius 1 is 1.00 bits per heavy atom. The number of hydrogen-bond acceptors (Lipinski definition) is 5. The first kappa shape index (κ1) is 23.2. The third kappa shape index (κ3) is 6.26. The maximum absolute atomic E-state index is 12.9. The van der Waals surface area contributed by atoms with Gasteiger partial charge in [0.1, 0.15) is 5.75 Å². The highest BCUT2D eigenvalue weighted by Crippen LogP contribution is 2.21. The van der Waals surface area contributed by atoms with Gasteiger partial charge in [0.15, 0.2) is 0 Å². The summed E-state index contributed by atoms with van der Waals surface area (Å²) in [5.74, 6) is 0.190. The normalized spacial score (nSPS) is 12.4. The van der Waals surface area contributed by atoms with Crippen molar-refractivity contribution in [1.29, 1.82) is 0 Å². The molecule has 0 aliphatic rings. The number of sulfonamides is 1. The second-order valence-electron chi connectivity index (χ2n) is 7.14. The van der Waals surface area contributed by atoms with Crippen LogP contribution in [0.2, 0.25) is 0 Å². The molecule has 0 bridgehead atoms. The summed E-state index contributed by atoms with van der Waals surface area (Å²) in [4.78, 5) is 12.7. The van der Waals surface area contributed by atoms with Gasteiger partial charge in [-0.25, -0.2) is 18.6 Å². The maximum Gasteiger partial charge on any atom is 0.242 e. The molecule has 3 rings (SSSR count). The number of hydrazone groups is 1. The molecule has 3 aromatic carbocycles. The van der Waals surface area contributed by atoms with Crippen LogP contribution in [-0.4, -0.2) is 27.6 Å². The average Bonchev–Trinajstić information content (AvgIpc) is 2.79. The molecule has 8 heteroatoms. The zero-order valence-electron chi connectivity index (χ0n) is 17.9. The zero-order valence-corrected chi connectivity index (χ0v) is 18.7. The Morgan fingerprint density at radius 3 is 2.34 bits per heavy atom. The number of aryl methyl sites for hydroxylation is 1. The smallest absolute Gasteiger partial charge is 0.242 e. The van der Waals surface area contributed by atoms with Gasteiger partial charge in [-0.1, -0.05) is 60.2 Å². The van der Waals surface area contributed by atoms with E-state index >= 15 is 0 Å². The van der Waals surface area contributed by atoms with Crippen LogP contribution in [0.5, 0.6) is 5.75 Å². The minimum atomic E-state index is -3.83. The highest BCUT2D eigenvalue weighted by atomic mass is 32.2. The third-order valence-corrected chi connectivity index (χ3v) is 6.24. The molecule has 1 amide bonds. The zero-order chi connectivity index (χ0) is 23.0. The van der Waals surface area contributed by atoms with E-state index in [-0.39, 0.29) is 11.3 Å². The quantitative estimate of drug-likeness (QED) is 0.384. The van der Waals surface area contributed by atoms with Crippen molar-refractivity contribution < 1.29 is 17.9 Å². The van der Waals surface area contributed by atoms with Crippen molar-refractivity contribution in [1.82, 2.24) is 10.1 Å². The van der Waals surface area contributed by atoms with E-state index in [4.69, 9.17) is 4.74 Å². The molecule has 7 nitrogen and oxygen atoms in total. The van der Waals surface area contributed by atoms with E-state index in [0.29, 0.717) is 16.9 Å². The van der Waals surface area contributed by atoms with Gasteiger partial charge in [0, 0.05) is 12.0 Å². The minimum absolute atomic E-state index is 0.127. The third-order valence-electron chi connectivity index (χ3n) is 4.75. The molecule has 2 N–H and O–H groups in total. The fourth-order valence-corrected chi connectivity index (χ4v) is 4.29. The molecular formula is C24H25N3O4S. The van der Waals surface area contributed by atoms with Crippen LogP contribution in [0.1, 0.15) is 29.2 Å². The van der Waals surface area contributed by atoms with Crippen molar-refractivity contribution >= 4 is 22.1 Å². The predicted molar refractivity (Wildman–Crippen MR) is 124 cm³/mol. The first-order valence-electron chi connectivity index (χ1n) is 9.98. The average molecular weight is 452 g/mol. The van der Waals surface area contributed by atoms with Crippen LogP contribution in [-0.2, 0) is 14.8 Å². The predicted octanol–water partition coefficient (Wildman–Crippen LogP) is 3.56. The molecule has 0 saturated carbocycles. The Hall–Kier alpha value is -3.49. The lowest BCUT2D eigenvalue weighted by molar-refractivity contribution is -0.121. The van der Waals surface area contributed by atoms with Gasteiger partial charge in [-0.2, -0.15) is 5.10 Å². The van der Waals surface area contributed by atoms with Crippen LogP contribution in [0, 0.1) is 6.92 Å². The van der Waals surface area contributed by atoms with Gasteiger partial charge in [0.2, 0.25) is 15.9 Å². The van der Waals surface area contributed by atoms with E-state index in [9.17, 15) is 13.2 Å². The van der Waals surface area contributed by atoms with Gasteiger partial charge < -0.3 is 4.74 Å². The molecule has 0 unspecified atom stereocenters. The molecular weight excluding hydrogens is 426 g/mol. The number of nitrogens with one attached hydrogen (secondary N) is 2. The summed E-state index contributed by atoms with van der Waals surface area (Å²) in [7, 11) is -2.28. The van der Waals surface area contributed by atoms with Crippen LogP contribution in [0.4, 0.5) is 0 Å². The molecule has 32 heavy (non-hydrogen) atoms. The number of amides is 1. The summed E-state index contributed by atoms with van der Waals surface area (Å²) in [6.45, 7) is 1.88. The largest absolute Gasteiger partial charge is 0.496 e. The molecule has 166 valence electrons. The van der Waals surface area contributed by atoms with Crippen LogP contribution in [0.3, 0.4) is 0 Å². The Morgan fingerprint density at radius 2 is 1.66 bits per heavy atom. The standard InChI is InChI=1S/C24H25N3O4S/c1-18-12-14-21(15-13-18)32(29,30)27-22(19-8-4-3-5-9-19)16-24(28)26-25-17-20-10-6-7-11-23(20)31-2/h3-15,17,22,27H,16H2,1-2H3,(H,26,28)/b25-17-/t22-/m0/s1. The summed E-state index contributed by atoms with van der Waals surface area (Å²) >= 11 is 0. The summed E-state index contributed by atoms with van der Waals surface area (Å²) in [5, 5.41) is 3.98. The SMILES string of the molecule is COc1ccccc1/C=N\NC(=O)C[C@H](NS(=O)(=O)c1ccc(C)cc1)c1ccccc1. The van der Waals surface area contributed by atoms with Crippen molar-refractivity contribution in [2.75, 3.05) is 7.11 Å². The molecule has 0 aliphatic carbocycles. The Kier molecular flexibility index (Phi) is 7.75. The summed E-state index contributed by atoms with van der Waals surface area (Å²) in [6.07, 6.45) is 1.35. The van der Waals surface area contributed by atoms with Crippen molar-refractivity contribution in [2.24, 2.45) is 5.10 Å². The molecule has 0 aromatic heterocycles. The lowest BCUT2D eigenvalue weighted by atomic mass is 10.0. The fourth-order valence-electron chi connectivity index (χ4n) is 3.06. The number of para-hydroxylation sites is 1. The second-order valence-corrected chi connectivity index (χ2v) is 8.85. The monoisotopic (exact) mass is 451 g/mol. The Labute approximate surface area is 188 Å². The van der Waals surface area contributed by atoms with Gasteiger partial charge in [-0.3, -0.25) is 4.79 Å².